The second-order valence-corrected chi connectivity index (χ2v) is 8.47. The molecular weight excluding hydrogens is 390 g/mol. The molecule has 0 saturated heterocycles. The summed E-state index contributed by atoms with van der Waals surface area (Å²) in [6.07, 6.45) is 0. The van der Waals surface area contributed by atoms with Crippen molar-refractivity contribution in [1.29, 1.82) is 0 Å². The SMILES string of the molecule is CN(c1ccc(-c2ccccc2)cc1)S(=O)(=O)c1ccc2[nH]c(=O)[nH]c(=O)c2c1. The summed E-state index contributed by atoms with van der Waals surface area (Å²) in [5.74, 6) is 0. The van der Waals surface area contributed by atoms with E-state index >= 15 is 0 Å². The fourth-order valence-electron chi connectivity index (χ4n) is 3.10. The van der Waals surface area contributed by atoms with Crippen molar-refractivity contribution < 1.29 is 8.42 Å². The molecule has 0 bridgehead atoms. The quantitative estimate of drug-likeness (QED) is 0.543. The van der Waals surface area contributed by atoms with Gasteiger partial charge < -0.3 is 4.98 Å². The molecule has 4 rings (SSSR count). The van der Waals surface area contributed by atoms with Crippen molar-refractivity contribution in [2.75, 3.05) is 11.4 Å². The predicted molar refractivity (Wildman–Crippen MR) is 113 cm³/mol. The molecule has 146 valence electrons. The molecule has 4 aromatic rings. The van der Waals surface area contributed by atoms with Crippen molar-refractivity contribution in [1.82, 2.24) is 9.97 Å². The molecule has 0 aliphatic rings. The van der Waals surface area contributed by atoms with E-state index in [4.69, 9.17) is 0 Å². The van der Waals surface area contributed by atoms with E-state index in [-0.39, 0.29) is 15.8 Å². The summed E-state index contributed by atoms with van der Waals surface area (Å²) >= 11 is 0. The summed E-state index contributed by atoms with van der Waals surface area (Å²) in [6, 6.07) is 21.0. The van der Waals surface area contributed by atoms with Gasteiger partial charge in [0.15, 0.2) is 0 Å². The second-order valence-electron chi connectivity index (χ2n) is 6.50. The molecule has 7 nitrogen and oxygen atoms in total. The average Bonchev–Trinajstić information content (AvgIpc) is 2.73. The minimum Gasteiger partial charge on any atom is -0.307 e. The summed E-state index contributed by atoms with van der Waals surface area (Å²) in [5.41, 5.74) is 1.48. The summed E-state index contributed by atoms with van der Waals surface area (Å²) in [7, 11) is -2.45. The van der Waals surface area contributed by atoms with Crippen LogP contribution in [0.25, 0.3) is 22.0 Å². The van der Waals surface area contributed by atoms with Gasteiger partial charge in [0.25, 0.3) is 15.6 Å². The molecule has 0 amide bonds. The summed E-state index contributed by atoms with van der Waals surface area (Å²) in [5, 5.41) is 0.0958. The van der Waals surface area contributed by atoms with Gasteiger partial charge in [0.05, 0.1) is 21.5 Å². The number of aromatic nitrogens is 2. The van der Waals surface area contributed by atoms with Crippen LogP contribution in [0.3, 0.4) is 0 Å². The molecule has 1 heterocycles. The van der Waals surface area contributed by atoms with Gasteiger partial charge in [0.2, 0.25) is 0 Å². The first kappa shape index (κ1) is 18.7. The summed E-state index contributed by atoms with van der Waals surface area (Å²) < 4.78 is 27.3. The molecule has 0 aliphatic heterocycles. The predicted octanol–water partition coefficient (Wildman–Crippen LogP) is 2.71. The zero-order valence-corrected chi connectivity index (χ0v) is 16.2. The third-order valence-corrected chi connectivity index (χ3v) is 6.49. The number of benzene rings is 3. The van der Waals surface area contributed by atoms with Crippen molar-refractivity contribution in [2.24, 2.45) is 0 Å². The first-order valence-corrected chi connectivity index (χ1v) is 10.2. The van der Waals surface area contributed by atoms with Gasteiger partial charge in [0, 0.05) is 7.05 Å². The van der Waals surface area contributed by atoms with Crippen molar-refractivity contribution >= 4 is 26.6 Å². The van der Waals surface area contributed by atoms with Crippen LogP contribution >= 0.6 is 0 Å². The van der Waals surface area contributed by atoms with E-state index < -0.39 is 21.3 Å². The van der Waals surface area contributed by atoms with Crippen LogP contribution in [0.5, 0.6) is 0 Å². The zero-order chi connectivity index (χ0) is 20.6. The third kappa shape index (κ3) is 3.45. The van der Waals surface area contributed by atoms with Crippen LogP contribution in [0.1, 0.15) is 0 Å². The minimum atomic E-state index is -3.90. The van der Waals surface area contributed by atoms with Gasteiger partial charge >= 0.3 is 5.69 Å². The van der Waals surface area contributed by atoms with E-state index in [1.54, 1.807) is 12.1 Å². The molecular formula is C21H17N3O4S. The van der Waals surface area contributed by atoms with Crippen LogP contribution in [-0.4, -0.2) is 25.4 Å². The first-order chi connectivity index (χ1) is 13.9. The Morgan fingerprint density at radius 3 is 2.14 bits per heavy atom. The van der Waals surface area contributed by atoms with Gasteiger partial charge in [-0.15, -0.1) is 0 Å². The smallest absolute Gasteiger partial charge is 0.307 e. The zero-order valence-electron chi connectivity index (χ0n) is 15.4. The number of rotatable bonds is 4. The van der Waals surface area contributed by atoms with E-state index in [0.717, 1.165) is 15.4 Å². The Morgan fingerprint density at radius 2 is 1.45 bits per heavy atom. The fourth-order valence-corrected chi connectivity index (χ4v) is 4.32. The van der Waals surface area contributed by atoms with E-state index in [0.29, 0.717) is 5.69 Å². The number of nitrogens with zero attached hydrogens (tertiary/aromatic N) is 1. The molecule has 29 heavy (non-hydrogen) atoms. The van der Waals surface area contributed by atoms with Crippen molar-refractivity contribution in [3.05, 3.63) is 93.6 Å². The van der Waals surface area contributed by atoms with Crippen LogP contribution in [0.2, 0.25) is 0 Å². The number of sulfonamides is 1. The van der Waals surface area contributed by atoms with E-state index in [9.17, 15) is 18.0 Å². The van der Waals surface area contributed by atoms with Crippen molar-refractivity contribution in [3.63, 3.8) is 0 Å². The Morgan fingerprint density at radius 1 is 0.793 bits per heavy atom. The maximum atomic E-state index is 13.1. The molecule has 0 spiro atoms. The fraction of sp³-hybridized carbons (Fsp3) is 0.0476. The van der Waals surface area contributed by atoms with Crippen molar-refractivity contribution in [2.45, 2.75) is 4.90 Å². The number of fused-ring (bicyclic) bond motifs is 1. The Labute approximate surface area is 166 Å². The number of H-pyrrole nitrogens is 2. The molecule has 0 fully saturated rings. The largest absolute Gasteiger partial charge is 0.326 e. The normalized spacial score (nSPS) is 11.5. The highest BCUT2D eigenvalue weighted by Gasteiger charge is 2.22. The van der Waals surface area contributed by atoms with Crippen LogP contribution in [0.4, 0.5) is 5.69 Å². The highest BCUT2D eigenvalue weighted by atomic mass is 32.2. The lowest BCUT2D eigenvalue weighted by Gasteiger charge is -2.20. The molecule has 8 heteroatoms. The van der Waals surface area contributed by atoms with Crippen LogP contribution < -0.4 is 15.6 Å². The van der Waals surface area contributed by atoms with Crippen LogP contribution in [0.15, 0.2) is 87.3 Å². The maximum Gasteiger partial charge on any atom is 0.326 e. The Hall–Kier alpha value is -3.65. The number of anilines is 1. The lowest BCUT2D eigenvalue weighted by Crippen LogP contribution is -2.27. The van der Waals surface area contributed by atoms with Crippen molar-refractivity contribution in [3.8, 4) is 11.1 Å². The number of hydrogen-bond donors (Lipinski definition) is 2. The summed E-state index contributed by atoms with van der Waals surface area (Å²) in [4.78, 5) is 27.9. The highest BCUT2D eigenvalue weighted by Crippen LogP contribution is 2.26. The molecule has 0 saturated carbocycles. The van der Waals surface area contributed by atoms with Gasteiger partial charge in [-0.1, -0.05) is 42.5 Å². The molecule has 0 atom stereocenters. The van der Waals surface area contributed by atoms with Gasteiger partial charge in [-0.05, 0) is 41.5 Å². The van der Waals surface area contributed by atoms with Gasteiger partial charge in [-0.25, -0.2) is 13.2 Å². The van der Waals surface area contributed by atoms with Gasteiger partial charge in [-0.3, -0.25) is 14.1 Å². The van der Waals surface area contributed by atoms with Crippen LogP contribution in [0, 0.1) is 0 Å². The first-order valence-electron chi connectivity index (χ1n) is 8.77. The Bertz CT molecular complexity index is 1410. The van der Waals surface area contributed by atoms with E-state index in [1.807, 2.05) is 42.5 Å². The molecule has 2 N–H and O–H groups in total. The Kier molecular flexibility index (Phi) is 4.56. The third-order valence-electron chi connectivity index (χ3n) is 4.71. The standard InChI is InChI=1S/C21H17N3O4S/c1-24(16-9-7-15(8-10-16)14-5-3-2-4-6-14)29(27,28)17-11-12-19-18(13-17)20(25)23-21(26)22-19/h2-13H,1H3,(H2,22,23,25,26). The number of aromatic amines is 2. The maximum absolute atomic E-state index is 13.1. The van der Waals surface area contributed by atoms with E-state index in [2.05, 4.69) is 9.97 Å². The second kappa shape index (κ2) is 7.06. The van der Waals surface area contributed by atoms with Gasteiger partial charge in [0.1, 0.15) is 0 Å². The van der Waals surface area contributed by atoms with Crippen LogP contribution in [-0.2, 0) is 10.0 Å². The number of hydrogen-bond acceptors (Lipinski definition) is 4. The molecule has 3 aromatic carbocycles. The average molecular weight is 407 g/mol. The minimum absolute atomic E-state index is 0.0443. The molecule has 0 unspecified atom stereocenters. The number of nitrogens with one attached hydrogen (secondary N) is 2. The molecule has 1 aromatic heterocycles. The highest BCUT2D eigenvalue weighted by molar-refractivity contribution is 7.92. The Balaban J connectivity index is 1.71. The topological polar surface area (TPSA) is 103 Å². The summed E-state index contributed by atoms with van der Waals surface area (Å²) in [6.45, 7) is 0. The lowest BCUT2D eigenvalue weighted by atomic mass is 10.1. The monoisotopic (exact) mass is 407 g/mol. The lowest BCUT2D eigenvalue weighted by molar-refractivity contribution is 0.594. The van der Waals surface area contributed by atoms with E-state index in [1.165, 1.54) is 25.2 Å². The molecule has 0 radical (unpaired) electrons. The van der Waals surface area contributed by atoms with Gasteiger partial charge in [-0.2, -0.15) is 0 Å². The molecule has 0 aliphatic carbocycles.